The van der Waals surface area contributed by atoms with Gasteiger partial charge in [0.2, 0.25) is 5.95 Å². The summed E-state index contributed by atoms with van der Waals surface area (Å²) in [4.78, 5) is 13.7. The summed E-state index contributed by atoms with van der Waals surface area (Å²) in [7, 11) is 1.71. The van der Waals surface area contributed by atoms with Crippen molar-refractivity contribution >= 4 is 5.95 Å². The van der Waals surface area contributed by atoms with Gasteiger partial charge in [-0.15, -0.1) is 0 Å². The molecule has 21 heavy (non-hydrogen) atoms. The number of methoxy groups -OCH3 is 1. The summed E-state index contributed by atoms with van der Waals surface area (Å²) in [5.41, 5.74) is 1.10. The monoisotopic (exact) mass is 292 g/mol. The van der Waals surface area contributed by atoms with Crippen molar-refractivity contribution in [2.24, 2.45) is 0 Å². The van der Waals surface area contributed by atoms with Gasteiger partial charge in [-0.1, -0.05) is 0 Å². The Morgan fingerprint density at radius 2 is 2.00 bits per heavy atom. The fourth-order valence-corrected chi connectivity index (χ4v) is 3.15. The first-order chi connectivity index (χ1) is 10.3. The molecule has 0 radical (unpaired) electrons. The van der Waals surface area contributed by atoms with Crippen molar-refractivity contribution in [2.45, 2.75) is 25.5 Å². The van der Waals surface area contributed by atoms with Crippen LogP contribution in [0, 0.1) is 6.92 Å². The Labute approximate surface area is 126 Å². The Morgan fingerprint density at radius 1 is 1.19 bits per heavy atom. The number of aromatic nitrogens is 2. The molecule has 0 aromatic carbocycles. The molecule has 6 heteroatoms. The van der Waals surface area contributed by atoms with E-state index < -0.39 is 0 Å². The zero-order valence-corrected chi connectivity index (χ0v) is 12.9. The maximum absolute atomic E-state index is 5.88. The quantitative estimate of drug-likeness (QED) is 0.745. The van der Waals surface area contributed by atoms with E-state index >= 15 is 0 Å². The number of rotatable bonds is 5. The Balaban J connectivity index is 1.54. The molecule has 0 aliphatic carbocycles. The molecule has 2 aliphatic rings. The van der Waals surface area contributed by atoms with Crippen LogP contribution in [0.1, 0.15) is 12.0 Å². The van der Waals surface area contributed by atoms with Gasteiger partial charge in [-0.3, -0.25) is 4.90 Å². The SMILES string of the molecule is COCCO[C@@H]1C[C@@H]2CN(c3ncc(C)cn3)CCN2C1. The van der Waals surface area contributed by atoms with Crippen LogP contribution in [-0.2, 0) is 9.47 Å². The second kappa shape index (κ2) is 6.68. The van der Waals surface area contributed by atoms with E-state index in [1.54, 1.807) is 7.11 Å². The standard InChI is InChI=1S/C15H24N4O2/c1-12-8-16-15(17-9-12)19-4-3-18-11-14(7-13(18)10-19)21-6-5-20-2/h8-9,13-14H,3-7,10-11H2,1-2H3/t13-,14-/m1/s1. The lowest BCUT2D eigenvalue weighted by Gasteiger charge is -2.37. The minimum absolute atomic E-state index is 0.337. The molecule has 2 aliphatic heterocycles. The van der Waals surface area contributed by atoms with E-state index in [1.807, 2.05) is 19.3 Å². The normalized spacial score (nSPS) is 26.1. The van der Waals surface area contributed by atoms with Crippen LogP contribution in [0.25, 0.3) is 0 Å². The molecule has 0 unspecified atom stereocenters. The lowest BCUT2D eigenvalue weighted by atomic mass is 10.1. The molecule has 3 rings (SSSR count). The summed E-state index contributed by atoms with van der Waals surface area (Å²) < 4.78 is 10.9. The number of fused-ring (bicyclic) bond motifs is 1. The summed E-state index contributed by atoms with van der Waals surface area (Å²) in [5, 5.41) is 0. The molecule has 0 N–H and O–H groups in total. The van der Waals surface area contributed by atoms with E-state index in [2.05, 4.69) is 19.8 Å². The predicted octanol–water partition coefficient (Wildman–Crippen LogP) is 0.711. The number of anilines is 1. The van der Waals surface area contributed by atoms with Crippen LogP contribution >= 0.6 is 0 Å². The third-order valence-electron chi connectivity index (χ3n) is 4.27. The van der Waals surface area contributed by atoms with Gasteiger partial charge in [-0.2, -0.15) is 0 Å². The minimum Gasteiger partial charge on any atom is -0.382 e. The van der Waals surface area contributed by atoms with E-state index in [0.717, 1.165) is 44.1 Å². The van der Waals surface area contributed by atoms with Crippen LogP contribution in [0.15, 0.2) is 12.4 Å². The number of hydrogen-bond donors (Lipinski definition) is 0. The zero-order chi connectivity index (χ0) is 14.7. The summed E-state index contributed by atoms with van der Waals surface area (Å²) >= 11 is 0. The van der Waals surface area contributed by atoms with Crippen molar-refractivity contribution in [3.63, 3.8) is 0 Å². The van der Waals surface area contributed by atoms with Gasteiger partial charge in [0.25, 0.3) is 0 Å². The molecule has 2 saturated heterocycles. The maximum atomic E-state index is 5.88. The topological polar surface area (TPSA) is 50.7 Å². The third-order valence-corrected chi connectivity index (χ3v) is 4.27. The number of ether oxygens (including phenoxy) is 2. The first-order valence-electron chi connectivity index (χ1n) is 7.64. The molecule has 1 aromatic rings. The van der Waals surface area contributed by atoms with Crippen LogP contribution in [0.3, 0.4) is 0 Å². The summed E-state index contributed by atoms with van der Waals surface area (Å²) in [5.74, 6) is 0.851. The summed E-state index contributed by atoms with van der Waals surface area (Å²) in [6, 6.07) is 0.552. The highest BCUT2D eigenvalue weighted by Gasteiger charge is 2.37. The molecule has 6 nitrogen and oxygen atoms in total. The van der Waals surface area contributed by atoms with Gasteiger partial charge in [0.1, 0.15) is 0 Å². The molecule has 0 saturated carbocycles. The van der Waals surface area contributed by atoms with Crippen LogP contribution in [0.2, 0.25) is 0 Å². The molecule has 0 bridgehead atoms. The molecule has 2 atom stereocenters. The van der Waals surface area contributed by atoms with Crippen molar-refractivity contribution in [3.05, 3.63) is 18.0 Å². The third kappa shape index (κ3) is 3.51. The van der Waals surface area contributed by atoms with Gasteiger partial charge in [0, 0.05) is 51.7 Å². The van der Waals surface area contributed by atoms with Crippen LogP contribution in [0.5, 0.6) is 0 Å². The highest BCUT2D eigenvalue weighted by atomic mass is 16.5. The van der Waals surface area contributed by atoms with Crippen LogP contribution in [0.4, 0.5) is 5.95 Å². The molecule has 3 heterocycles. The fourth-order valence-electron chi connectivity index (χ4n) is 3.15. The lowest BCUT2D eigenvalue weighted by molar-refractivity contribution is 0.0224. The second-order valence-electron chi connectivity index (χ2n) is 5.88. The summed E-state index contributed by atoms with van der Waals surface area (Å²) in [6.07, 6.45) is 5.20. The van der Waals surface area contributed by atoms with Crippen LogP contribution < -0.4 is 4.90 Å². The Kier molecular flexibility index (Phi) is 4.67. The molecule has 1 aromatic heterocycles. The first kappa shape index (κ1) is 14.7. The molecule has 0 spiro atoms. The number of nitrogens with zero attached hydrogens (tertiary/aromatic N) is 4. The lowest BCUT2D eigenvalue weighted by Crippen LogP contribution is -2.50. The second-order valence-corrected chi connectivity index (χ2v) is 5.88. The zero-order valence-electron chi connectivity index (χ0n) is 12.9. The maximum Gasteiger partial charge on any atom is 0.225 e. The fraction of sp³-hybridized carbons (Fsp3) is 0.733. The van der Waals surface area contributed by atoms with Crippen molar-refractivity contribution in [3.8, 4) is 0 Å². The van der Waals surface area contributed by atoms with E-state index in [1.165, 1.54) is 0 Å². The van der Waals surface area contributed by atoms with Crippen LogP contribution in [-0.4, -0.2) is 73.5 Å². The van der Waals surface area contributed by atoms with E-state index in [0.29, 0.717) is 25.4 Å². The van der Waals surface area contributed by atoms with Crippen molar-refractivity contribution in [1.82, 2.24) is 14.9 Å². The highest BCUT2D eigenvalue weighted by Crippen LogP contribution is 2.25. The molecule has 116 valence electrons. The van der Waals surface area contributed by atoms with E-state index in [9.17, 15) is 0 Å². The highest BCUT2D eigenvalue weighted by molar-refractivity contribution is 5.31. The van der Waals surface area contributed by atoms with Gasteiger partial charge in [0.15, 0.2) is 0 Å². The minimum atomic E-state index is 0.337. The summed E-state index contributed by atoms with van der Waals surface area (Å²) in [6.45, 7) is 7.46. The van der Waals surface area contributed by atoms with Gasteiger partial charge >= 0.3 is 0 Å². The molecule has 0 amide bonds. The average molecular weight is 292 g/mol. The number of aryl methyl sites for hydroxylation is 1. The van der Waals surface area contributed by atoms with Crippen molar-refractivity contribution in [2.75, 3.05) is 51.4 Å². The van der Waals surface area contributed by atoms with Gasteiger partial charge in [-0.05, 0) is 18.9 Å². The van der Waals surface area contributed by atoms with Gasteiger partial charge in [0.05, 0.1) is 19.3 Å². The van der Waals surface area contributed by atoms with Crippen molar-refractivity contribution in [1.29, 1.82) is 0 Å². The Morgan fingerprint density at radius 3 is 2.76 bits per heavy atom. The van der Waals surface area contributed by atoms with E-state index in [4.69, 9.17) is 9.47 Å². The largest absolute Gasteiger partial charge is 0.382 e. The van der Waals surface area contributed by atoms with E-state index in [-0.39, 0.29) is 0 Å². The predicted molar refractivity (Wildman–Crippen MR) is 80.6 cm³/mol. The van der Waals surface area contributed by atoms with Gasteiger partial charge in [-0.25, -0.2) is 9.97 Å². The molecular formula is C15H24N4O2. The average Bonchev–Trinajstić information content (AvgIpc) is 2.90. The van der Waals surface area contributed by atoms with Crippen molar-refractivity contribution < 1.29 is 9.47 Å². The Hall–Kier alpha value is -1.24. The number of piperazine rings is 1. The first-order valence-corrected chi connectivity index (χ1v) is 7.64. The van der Waals surface area contributed by atoms with Gasteiger partial charge < -0.3 is 14.4 Å². The molecule has 2 fully saturated rings. The number of hydrogen-bond acceptors (Lipinski definition) is 6. The molecular weight excluding hydrogens is 268 g/mol. The Bertz CT molecular complexity index is 453. The smallest absolute Gasteiger partial charge is 0.225 e.